The second kappa shape index (κ2) is 14.5. The summed E-state index contributed by atoms with van der Waals surface area (Å²) in [7, 11) is 0. The van der Waals surface area contributed by atoms with Gasteiger partial charge in [0.1, 0.15) is 0 Å². The third-order valence-electron chi connectivity index (χ3n) is 2.85. The number of ether oxygens (including phenoxy) is 1. The van der Waals surface area contributed by atoms with E-state index >= 15 is 0 Å². The molecule has 0 heterocycles. The van der Waals surface area contributed by atoms with Gasteiger partial charge in [0.05, 0.1) is 12.9 Å². The molecule has 0 amide bonds. The molecule has 0 aliphatic carbocycles. The molecule has 0 aromatic heterocycles. The summed E-state index contributed by atoms with van der Waals surface area (Å²) in [4.78, 5) is 0. The molecule has 0 atom stereocenters. The van der Waals surface area contributed by atoms with Crippen LogP contribution in [0.1, 0.15) is 78.1 Å². The third-order valence-corrected chi connectivity index (χ3v) is 2.85. The summed E-state index contributed by atoms with van der Waals surface area (Å²) in [5.41, 5.74) is 0. The van der Waals surface area contributed by atoms with Gasteiger partial charge >= 0.3 is 0 Å². The summed E-state index contributed by atoms with van der Waals surface area (Å²) in [6.45, 7) is 5.15. The Morgan fingerprint density at radius 1 is 0.750 bits per heavy atom. The maximum atomic E-state index is 5.27. The molecule has 0 rings (SSSR count). The van der Waals surface area contributed by atoms with Gasteiger partial charge in [-0.05, 0) is 13.3 Å². The van der Waals surface area contributed by atoms with Gasteiger partial charge in [-0.25, -0.2) is 0 Å². The van der Waals surface area contributed by atoms with Crippen LogP contribution in [-0.2, 0) is 4.74 Å². The Morgan fingerprint density at radius 3 is 1.75 bits per heavy atom. The van der Waals surface area contributed by atoms with Crippen molar-refractivity contribution >= 4 is 0 Å². The Labute approximate surface area is 102 Å². The van der Waals surface area contributed by atoms with E-state index in [2.05, 4.69) is 6.92 Å². The van der Waals surface area contributed by atoms with Crippen LogP contribution in [0, 0.1) is 0 Å². The van der Waals surface area contributed by atoms with Crippen LogP contribution < -0.4 is 0 Å². The number of hydrogen-bond acceptors (Lipinski definition) is 1. The molecule has 0 aromatic carbocycles. The smallest absolute Gasteiger partial charge is 0.0873 e. The Morgan fingerprint density at radius 2 is 1.25 bits per heavy atom. The van der Waals surface area contributed by atoms with Gasteiger partial charge in [0, 0.05) is 0 Å². The van der Waals surface area contributed by atoms with Gasteiger partial charge in [-0.1, -0.05) is 70.8 Å². The highest BCUT2D eigenvalue weighted by atomic mass is 16.5. The van der Waals surface area contributed by atoms with Gasteiger partial charge < -0.3 is 4.74 Å². The Kier molecular flexibility index (Phi) is 14.1. The highest BCUT2D eigenvalue weighted by Crippen LogP contribution is 2.10. The molecule has 0 radical (unpaired) electrons. The number of allylic oxidation sites excluding steroid dienone is 1. The lowest BCUT2D eigenvalue weighted by Crippen LogP contribution is -1.88. The van der Waals surface area contributed by atoms with E-state index in [4.69, 9.17) is 4.74 Å². The zero-order valence-electron chi connectivity index (χ0n) is 11.3. The summed E-state index contributed by atoms with van der Waals surface area (Å²) in [6.07, 6.45) is 17.6. The van der Waals surface area contributed by atoms with E-state index in [1.807, 2.05) is 13.0 Å². The van der Waals surface area contributed by atoms with Crippen LogP contribution in [0.25, 0.3) is 0 Å². The van der Waals surface area contributed by atoms with Crippen molar-refractivity contribution in [3.05, 3.63) is 12.3 Å². The molecule has 0 spiro atoms. The van der Waals surface area contributed by atoms with Crippen molar-refractivity contribution in [2.75, 3.05) is 6.61 Å². The topological polar surface area (TPSA) is 9.23 Å². The fraction of sp³-hybridized carbons (Fsp3) is 0.867. The fourth-order valence-corrected chi connectivity index (χ4v) is 1.84. The maximum absolute atomic E-state index is 5.27. The van der Waals surface area contributed by atoms with Gasteiger partial charge in [-0.2, -0.15) is 0 Å². The molecule has 1 heteroatoms. The monoisotopic (exact) mass is 226 g/mol. The van der Waals surface area contributed by atoms with Crippen molar-refractivity contribution < 1.29 is 4.74 Å². The standard InChI is InChI=1S/C15H30O/c1-3-5-6-7-8-9-10-11-12-13-15-16-14-4-2/h4,14H,3,5-13,15H2,1-2H3/b14-4+. The summed E-state index contributed by atoms with van der Waals surface area (Å²) < 4.78 is 5.27. The molecular formula is C15H30O. The Bertz CT molecular complexity index is 140. The number of hydrogen-bond donors (Lipinski definition) is 0. The van der Waals surface area contributed by atoms with E-state index in [1.165, 1.54) is 64.2 Å². The van der Waals surface area contributed by atoms with Gasteiger partial charge in [-0.3, -0.25) is 0 Å². The van der Waals surface area contributed by atoms with Crippen molar-refractivity contribution in [3.8, 4) is 0 Å². The van der Waals surface area contributed by atoms with E-state index in [0.717, 1.165) is 6.61 Å². The average molecular weight is 226 g/mol. The van der Waals surface area contributed by atoms with Crippen LogP contribution in [0.3, 0.4) is 0 Å². The number of unbranched alkanes of at least 4 members (excludes halogenated alkanes) is 9. The lowest BCUT2D eigenvalue weighted by molar-refractivity contribution is 0.240. The van der Waals surface area contributed by atoms with Crippen molar-refractivity contribution in [2.45, 2.75) is 78.1 Å². The molecule has 0 saturated carbocycles. The second-order valence-corrected chi connectivity index (χ2v) is 4.52. The maximum Gasteiger partial charge on any atom is 0.0873 e. The summed E-state index contributed by atoms with van der Waals surface area (Å²) in [6, 6.07) is 0. The van der Waals surface area contributed by atoms with Gasteiger partial charge in [-0.15, -0.1) is 0 Å². The lowest BCUT2D eigenvalue weighted by Gasteiger charge is -2.02. The first-order valence-electron chi connectivity index (χ1n) is 7.14. The Balaban J connectivity index is 2.88. The van der Waals surface area contributed by atoms with E-state index in [1.54, 1.807) is 6.26 Å². The lowest BCUT2D eigenvalue weighted by atomic mass is 10.1. The van der Waals surface area contributed by atoms with E-state index in [9.17, 15) is 0 Å². The first kappa shape index (κ1) is 15.5. The molecule has 0 saturated heterocycles. The third kappa shape index (κ3) is 13.5. The molecular weight excluding hydrogens is 196 g/mol. The van der Waals surface area contributed by atoms with Crippen LogP contribution in [-0.4, -0.2) is 6.61 Å². The molecule has 0 unspecified atom stereocenters. The summed E-state index contributed by atoms with van der Waals surface area (Å²) in [5.74, 6) is 0. The van der Waals surface area contributed by atoms with E-state index < -0.39 is 0 Å². The zero-order chi connectivity index (χ0) is 11.9. The molecule has 16 heavy (non-hydrogen) atoms. The van der Waals surface area contributed by atoms with Gasteiger partial charge in [0.15, 0.2) is 0 Å². The minimum atomic E-state index is 0.890. The number of rotatable bonds is 12. The zero-order valence-corrected chi connectivity index (χ0v) is 11.3. The van der Waals surface area contributed by atoms with Crippen LogP contribution in [0.2, 0.25) is 0 Å². The minimum absolute atomic E-state index is 0.890. The fourth-order valence-electron chi connectivity index (χ4n) is 1.84. The highest BCUT2D eigenvalue weighted by Gasteiger charge is 1.92. The van der Waals surface area contributed by atoms with Crippen LogP contribution in [0.15, 0.2) is 12.3 Å². The molecule has 0 aromatic rings. The van der Waals surface area contributed by atoms with Gasteiger partial charge in [0.25, 0.3) is 0 Å². The predicted molar refractivity (Wildman–Crippen MR) is 72.6 cm³/mol. The predicted octanol–water partition coefficient (Wildman–Crippen LogP) is 5.46. The molecule has 0 aliphatic rings. The van der Waals surface area contributed by atoms with Crippen LogP contribution in [0.5, 0.6) is 0 Å². The summed E-state index contributed by atoms with van der Waals surface area (Å²) in [5, 5.41) is 0. The minimum Gasteiger partial charge on any atom is -0.502 e. The average Bonchev–Trinajstić information content (AvgIpc) is 2.31. The van der Waals surface area contributed by atoms with Crippen molar-refractivity contribution in [2.24, 2.45) is 0 Å². The van der Waals surface area contributed by atoms with E-state index in [-0.39, 0.29) is 0 Å². The molecule has 1 nitrogen and oxygen atoms in total. The highest BCUT2D eigenvalue weighted by molar-refractivity contribution is 4.64. The van der Waals surface area contributed by atoms with Crippen molar-refractivity contribution in [3.63, 3.8) is 0 Å². The van der Waals surface area contributed by atoms with Crippen LogP contribution in [0.4, 0.5) is 0 Å². The quantitative estimate of drug-likeness (QED) is 0.317. The Hall–Kier alpha value is -0.460. The SMILES string of the molecule is C/C=C/OCCCCCCCCCCCC. The molecule has 0 aliphatic heterocycles. The first-order valence-corrected chi connectivity index (χ1v) is 7.14. The summed E-state index contributed by atoms with van der Waals surface area (Å²) >= 11 is 0. The van der Waals surface area contributed by atoms with E-state index in [0.29, 0.717) is 0 Å². The largest absolute Gasteiger partial charge is 0.502 e. The normalized spacial score (nSPS) is 11.1. The molecule has 0 bridgehead atoms. The van der Waals surface area contributed by atoms with Crippen molar-refractivity contribution in [1.29, 1.82) is 0 Å². The first-order chi connectivity index (χ1) is 7.91. The van der Waals surface area contributed by atoms with Crippen molar-refractivity contribution in [1.82, 2.24) is 0 Å². The van der Waals surface area contributed by atoms with Gasteiger partial charge in [0.2, 0.25) is 0 Å². The molecule has 0 N–H and O–H groups in total. The molecule has 0 fully saturated rings. The second-order valence-electron chi connectivity index (χ2n) is 4.52. The van der Waals surface area contributed by atoms with Crippen LogP contribution >= 0.6 is 0 Å². The molecule has 96 valence electrons.